The van der Waals surface area contributed by atoms with Crippen LogP contribution in [0.15, 0.2) is 18.2 Å². The summed E-state index contributed by atoms with van der Waals surface area (Å²) in [6.07, 6.45) is -10.6. The molecule has 2 aliphatic carbocycles. The number of aliphatic hydroxyl groups is 1. The number of fused-ring (bicyclic) bond motifs is 3. The van der Waals surface area contributed by atoms with Crippen molar-refractivity contribution in [3.63, 3.8) is 0 Å². The van der Waals surface area contributed by atoms with Gasteiger partial charge >= 0.3 is 18.0 Å². The highest BCUT2D eigenvalue weighted by Crippen LogP contribution is 2.54. The van der Waals surface area contributed by atoms with Gasteiger partial charge in [0.1, 0.15) is 5.60 Å². The molecule has 2 atom stereocenters. The van der Waals surface area contributed by atoms with Crippen LogP contribution in [0.4, 0.5) is 30.7 Å². The van der Waals surface area contributed by atoms with Gasteiger partial charge in [-0.15, -0.1) is 0 Å². The Bertz CT molecular complexity index is 830. The summed E-state index contributed by atoms with van der Waals surface area (Å²) in [6.45, 7) is 0.357. The molecule has 0 aromatic heterocycles. The minimum absolute atomic E-state index is 0.123. The molecule has 0 bridgehead atoms. The number of rotatable bonds is 2. The minimum Gasteiger partial charge on any atom is -0.380 e. The maximum absolute atomic E-state index is 14.4. The lowest BCUT2D eigenvalue weighted by Crippen LogP contribution is -2.50. The van der Waals surface area contributed by atoms with Crippen molar-refractivity contribution in [2.45, 2.75) is 67.7 Å². The lowest BCUT2D eigenvalue weighted by atomic mass is 9.77. The van der Waals surface area contributed by atoms with Crippen LogP contribution in [-0.2, 0) is 16.9 Å². The van der Waals surface area contributed by atoms with Gasteiger partial charge in [0.25, 0.3) is 5.91 Å². The number of nitrogens with zero attached hydrogens (tertiary/aromatic N) is 1. The Morgan fingerprint density at radius 3 is 2.21 bits per heavy atom. The van der Waals surface area contributed by atoms with E-state index in [9.17, 15) is 40.6 Å². The van der Waals surface area contributed by atoms with Crippen molar-refractivity contribution < 1.29 is 40.6 Å². The van der Waals surface area contributed by atoms with Gasteiger partial charge < -0.3 is 10.0 Å². The van der Waals surface area contributed by atoms with Crippen LogP contribution in [0.1, 0.15) is 48.3 Å². The number of amides is 1. The predicted octanol–water partition coefficient (Wildman–Crippen LogP) is 4.13. The SMILES string of the molecule is O=C(N1CCC2c3ccc(C(F)(C(F)(F)F)C(F)(F)F)cc3CCC21)C1(O)CC1. The molecule has 1 aliphatic heterocycles. The summed E-state index contributed by atoms with van der Waals surface area (Å²) >= 11 is 0. The highest BCUT2D eigenvalue weighted by Gasteiger charge is 2.73. The van der Waals surface area contributed by atoms with Crippen molar-refractivity contribution in [1.82, 2.24) is 4.90 Å². The number of carbonyl (C=O) groups is 1. The summed E-state index contributed by atoms with van der Waals surface area (Å²) in [7, 11) is 0. The molecule has 3 aliphatic rings. The third-order valence-corrected chi connectivity index (χ3v) is 6.36. The largest absolute Gasteiger partial charge is 0.435 e. The maximum atomic E-state index is 14.4. The second-order valence-electron chi connectivity index (χ2n) is 8.10. The molecule has 29 heavy (non-hydrogen) atoms. The summed E-state index contributed by atoms with van der Waals surface area (Å²) in [6, 6.07) is 2.05. The highest BCUT2D eigenvalue weighted by molar-refractivity contribution is 5.88. The minimum atomic E-state index is -6.15. The average molecular weight is 425 g/mol. The van der Waals surface area contributed by atoms with E-state index in [1.807, 2.05) is 0 Å². The molecule has 1 N–H and O–H groups in total. The van der Waals surface area contributed by atoms with Crippen LogP contribution in [0, 0.1) is 0 Å². The first kappa shape index (κ1) is 20.4. The van der Waals surface area contributed by atoms with Crippen molar-refractivity contribution in [2.75, 3.05) is 6.54 Å². The number of alkyl halides is 7. The summed E-state index contributed by atoms with van der Waals surface area (Å²) in [5.41, 5.74) is -7.49. The van der Waals surface area contributed by atoms with E-state index in [1.165, 1.54) is 0 Å². The molecule has 1 amide bonds. The third-order valence-electron chi connectivity index (χ3n) is 6.36. The average Bonchev–Trinajstić information content (AvgIpc) is 3.23. The monoisotopic (exact) mass is 425 g/mol. The Kier molecular flexibility index (Phi) is 4.29. The number of benzene rings is 1. The number of aryl methyl sites for hydroxylation is 1. The van der Waals surface area contributed by atoms with Gasteiger partial charge in [-0.25, -0.2) is 4.39 Å². The van der Waals surface area contributed by atoms with Gasteiger partial charge in [0.2, 0.25) is 0 Å². The van der Waals surface area contributed by atoms with Gasteiger partial charge in [-0.05, 0) is 43.2 Å². The molecule has 2 fully saturated rings. The zero-order chi connectivity index (χ0) is 21.4. The Labute approximate surface area is 161 Å². The van der Waals surface area contributed by atoms with E-state index in [2.05, 4.69) is 0 Å². The maximum Gasteiger partial charge on any atom is 0.435 e. The number of hydrogen-bond acceptors (Lipinski definition) is 2. The van der Waals surface area contributed by atoms with Gasteiger partial charge in [0, 0.05) is 24.1 Å². The molecule has 1 aromatic carbocycles. The lowest BCUT2D eigenvalue weighted by molar-refractivity contribution is -0.348. The number of likely N-dealkylation sites (tertiary alicyclic amines) is 1. The summed E-state index contributed by atoms with van der Waals surface area (Å²) < 4.78 is 92.5. The second-order valence-corrected chi connectivity index (χ2v) is 8.10. The topological polar surface area (TPSA) is 40.5 Å². The molecule has 3 nitrogen and oxygen atoms in total. The van der Waals surface area contributed by atoms with Gasteiger partial charge in [0.05, 0.1) is 0 Å². The molecule has 1 heterocycles. The standard InChI is InChI=1S/C19H18F7NO2/c20-17(18(21,22)23,19(24,25)26)11-2-3-12-10(9-11)1-4-14-13(12)5-8-27(14)15(28)16(29)6-7-16/h2-3,9,13-14,29H,1,4-8H2. The predicted molar refractivity (Wildman–Crippen MR) is 86.7 cm³/mol. The Balaban J connectivity index is 1.66. The molecule has 160 valence electrons. The molecule has 4 rings (SSSR count). The van der Waals surface area contributed by atoms with E-state index in [0.717, 1.165) is 6.07 Å². The number of halogens is 7. The highest BCUT2D eigenvalue weighted by atomic mass is 19.4. The van der Waals surface area contributed by atoms with E-state index < -0.39 is 29.2 Å². The van der Waals surface area contributed by atoms with Crippen molar-refractivity contribution in [2.24, 2.45) is 0 Å². The van der Waals surface area contributed by atoms with E-state index in [-0.39, 0.29) is 29.9 Å². The summed E-state index contributed by atoms with van der Waals surface area (Å²) in [5, 5.41) is 10.1. The molecular weight excluding hydrogens is 407 g/mol. The van der Waals surface area contributed by atoms with E-state index in [4.69, 9.17) is 0 Å². The Hall–Kier alpha value is -1.84. The van der Waals surface area contributed by atoms with Gasteiger partial charge in [-0.1, -0.05) is 18.2 Å². The summed E-state index contributed by atoms with van der Waals surface area (Å²) in [4.78, 5) is 14.0. The van der Waals surface area contributed by atoms with Crippen molar-refractivity contribution in [3.05, 3.63) is 34.9 Å². The molecule has 10 heteroatoms. The Morgan fingerprint density at radius 1 is 1.03 bits per heavy atom. The van der Waals surface area contributed by atoms with Crippen LogP contribution in [-0.4, -0.2) is 46.5 Å². The summed E-state index contributed by atoms with van der Waals surface area (Å²) in [5.74, 6) is -0.633. The number of hydrogen-bond donors (Lipinski definition) is 1. The van der Waals surface area contributed by atoms with E-state index in [0.29, 0.717) is 49.9 Å². The van der Waals surface area contributed by atoms with Crippen LogP contribution in [0.2, 0.25) is 0 Å². The fraction of sp³-hybridized carbons (Fsp3) is 0.632. The third kappa shape index (κ3) is 2.93. The van der Waals surface area contributed by atoms with Crippen molar-refractivity contribution >= 4 is 5.91 Å². The van der Waals surface area contributed by atoms with Crippen LogP contribution in [0.3, 0.4) is 0 Å². The molecule has 0 spiro atoms. The van der Waals surface area contributed by atoms with Crippen LogP contribution < -0.4 is 0 Å². The molecule has 1 saturated heterocycles. The number of carbonyl (C=O) groups excluding carboxylic acids is 1. The lowest BCUT2D eigenvalue weighted by Gasteiger charge is -2.36. The zero-order valence-corrected chi connectivity index (χ0v) is 15.1. The fourth-order valence-electron chi connectivity index (χ4n) is 4.61. The first-order valence-electron chi connectivity index (χ1n) is 9.29. The zero-order valence-electron chi connectivity index (χ0n) is 15.1. The normalized spacial score (nSPS) is 26.1. The molecular formula is C19H18F7NO2. The first-order valence-corrected chi connectivity index (χ1v) is 9.29. The van der Waals surface area contributed by atoms with Crippen LogP contribution in [0.25, 0.3) is 0 Å². The van der Waals surface area contributed by atoms with Gasteiger partial charge in [-0.2, -0.15) is 26.3 Å². The van der Waals surface area contributed by atoms with Crippen molar-refractivity contribution in [3.8, 4) is 0 Å². The quantitative estimate of drug-likeness (QED) is 0.724. The van der Waals surface area contributed by atoms with Crippen LogP contribution in [0.5, 0.6) is 0 Å². The van der Waals surface area contributed by atoms with Gasteiger partial charge in [0.15, 0.2) is 0 Å². The van der Waals surface area contributed by atoms with E-state index in [1.54, 1.807) is 4.90 Å². The molecule has 1 saturated carbocycles. The van der Waals surface area contributed by atoms with Gasteiger partial charge in [-0.3, -0.25) is 4.79 Å². The Morgan fingerprint density at radius 2 is 1.66 bits per heavy atom. The molecule has 0 radical (unpaired) electrons. The smallest absolute Gasteiger partial charge is 0.380 e. The van der Waals surface area contributed by atoms with E-state index >= 15 is 0 Å². The second kappa shape index (κ2) is 6.09. The van der Waals surface area contributed by atoms with Crippen LogP contribution >= 0.6 is 0 Å². The fourth-order valence-corrected chi connectivity index (χ4v) is 4.61. The first-order chi connectivity index (χ1) is 13.3. The van der Waals surface area contributed by atoms with Crippen molar-refractivity contribution in [1.29, 1.82) is 0 Å². The molecule has 1 aromatic rings. The molecule has 2 unspecified atom stereocenters.